The van der Waals surface area contributed by atoms with Gasteiger partial charge in [0.15, 0.2) is 0 Å². The highest BCUT2D eigenvalue weighted by Gasteiger charge is 2.31. The molecule has 2 aliphatic rings. The Balaban J connectivity index is 1.32. The number of carbonyl (C=O) groups is 2. The van der Waals surface area contributed by atoms with Gasteiger partial charge in [-0.25, -0.2) is 9.59 Å². The third-order valence-corrected chi connectivity index (χ3v) is 7.16. The normalized spacial score (nSPS) is 20.4. The number of aromatic nitrogens is 2. The van der Waals surface area contributed by atoms with Crippen molar-refractivity contribution in [3.8, 4) is 5.69 Å². The Morgan fingerprint density at radius 2 is 1.73 bits per heavy atom. The average molecular weight is 511 g/mol. The highest BCUT2D eigenvalue weighted by atomic mass is 16.2. The summed E-state index contributed by atoms with van der Waals surface area (Å²) in [6, 6.07) is 9.86. The molecule has 4 rings (SSSR count). The van der Waals surface area contributed by atoms with Gasteiger partial charge in [0.2, 0.25) is 5.91 Å². The van der Waals surface area contributed by atoms with Gasteiger partial charge in [0, 0.05) is 51.0 Å². The lowest BCUT2D eigenvalue weighted by Gasteiger charge is -2.37. The van der Waals surface area contributed by atoms with Gasteiger partial charge in [0.1, 0.15) is 5.82 Å². The summed E-state index contributed by atoms with van der Waals surface area (Å²) in [6.07, 6.45) is 4.83. The average Bonchev–Trinajstić information content (AvgIpc) is 3.30. The summed E-state index contributed by atoms with van der Waals surface area (Å²) in [7, 11) is 2.12. The van der Waals surface area contributed by atoms with Crippen LogP contribution in [0.15, 0.2) is 41.3 Å². The van der Waals surface area contributed by atoms with Gasteiger partial charge < -0.3 is 21.3 Å². The van der Waals surface area contributed by atoms with Gasteiger partial charge in [0.25, 0.3) is 0 Å². The number of piperazine rings is 1. The molecule has 1 saturated carbocycles. The van der Waals surface area contributed by atoms with Crippen LogP contribution in [0, 0.1) is 0 Å². The predicted molar refractivity (Wildman–Crippen MR) is 142 cm³/mol. The molecule has 0 spiro atoms. The number of hydrogen-bond donors (Lipinski definition) is 3. The molecule has 37 heavy (non-hydrogen) atoms. The molecule has 11 heteroatoms. The van der Waals surface area contributed by atoms with E-state index in [0.717, 1.165) is 31.4 Å². The van der Waals surface area contributed by atoms with Gasteiger partial charge in [-0.1, -0.05) is 12.1 Å². The Morgan fingerprint density at radius 3 is 2.30 bits per heavy atom. The number of nitrogens with two attached hydrogens (primary N) is 2. The van der Waals surface area contributed by atoms with E-state index in [2.05, 4.69) is 22.2 Å². The van der Waals surface area contributed by atoms with Crippen molar-refractivity contribution >= 4 is 17.8 Å². The Labute approximate surface area is 217 Å². The zero-order chi connectivity index (χ0) is 26.7. The van der Waals surface area contributed by atoms with E-state index in [1.165, 1.54) is 4.57 Å². The third kappa shape index (κ3) is 6.54. The molecule has 2 aromatic rings. The molecule has 1 aromatic heterocycles. The van der Waals surface area contributed by atoms with E-state index in [0.29, 0.717) is 44.0 Å². The summed E-state index contributed by atoms with van der Waals surface area (Å²) < 4.78 is 1.44. The monoisotopic (exact) mass is 510 g/mol. The fourth-order valence-electron chi connectivity index (χ4n) is 4.95. The lowest BCUT2D eigenvalue weighted by atomic mass is 10.1. The van der Waals surface area contributed by atoms with Gasteiger partial charge in [-0.15, -0.1) is 0 Å². The molecule has 2 atom stereocenters. The molecule has 3 amide bonds. The van der Waals surface area contributed by atoms with Crippen LogP contribution in [-0.4, -0.2) is 87.0 Å². The van der Waals surface area contributed by atoms with E-state index in [1.807, 2.05) is 24.3 Å². The number of benzene rings is 1. The maximum atomic E-state index is 12.7. The Morgan fingerprint density at radius 1 is 1.08 bits per heavy atom. The molecular weight excluding hydrogens is 472 g/mol. The first-order valence-electron chi connectivity index (χ1n) is 12.8. The molecule has 1 aliphatic carbocycles. The molecular formula is C26H38N8O3. The zero-order valence-corrected chi connectivity index (χ0v) is 21.9. The third-order valence-electron chi connectivity index (χ3n) is 7.16. The minimum absolute atomic E-state index is 0.142. The number of carbonyl (C=O) groups excluding carboxylic acids is 2. The van der Waals surface area contributed by atoms with E-state index in [9.17, 15) is 14.4 Å². The Kier molecular flexibility index (Phi) is 7.96. The van der Waals surface area contributed by atoms with Crippen molar-refractivity contribution < 1.29 is 9.59 Å². The van der Waals surface area contributed by atoms with E-state index in [4.69, 9.17) is 11.5 Å². The van der Waals surface area contributed by atoms with E-state index < -0.39 is 11.2 Å². The lowest BCUT2D eigenvalue weighted by Crippen LogP contribution is -2.58. The van der Waals surface area contributed by atoms with Gasteiger partial charge >= 0.3 is 11.7 Å². The first-order chi connectivity index (χ1) is 17.5. The van der Waals surface area contributed by atoms with E-state index >= 15 is 0 Å². The number of rotatable bonds is 6. The van der Waals surface area contributed by atoms with Crippen LogP contribution < -0.4 is 22.5 Å². The van der Waals surface area contributed by atoms with Crippen molar-refractivity contribution in [1.82, 2.24) is 24.3 Å². The van der Waals surface area contributed by atoms with Crippen LogP contribution in [0.2, 0.25) is 0 Å². The topological polar surface area (TPSA) is 143 Å². The van der Waals surface area contributed by atoms with Gasteiger partial charge in [0.05, 0.1) is 11.2 Å². The van der Waals surface area contributed by atoms with Crippen LogP contribution in [0.1, 0.15) is 38.7 Å². The zero-order valence-electron chi connectivity index (χ0n) is 21.9. The number of hydrogen-bond acceptors (Lipinski definition) is 7. The van der Waals surface area contributed by atoms with Crippen molar-refractivity contribution in [3.05, 3.63) is 52.6 Å². The summed E-state index contributed by atoms with van der Waals surface area (Å²) in [5.41, 5.74) is 12.4. The maximum absolute atomic E-state index is 12.7. The maximum Gasteiger partial charge on any atom is 0.354 e. The summed E-state index contributed by atoms with van der Waals surface area (Å²) >= 11 is 0. The standard InChI is InChI=1S/C26H38N8O3/c1-26(2,28)23(35)32-12-14-33(15-13-32)24(36)29-22-10-11-34(25(37)30-22)20-7-4-18(5-8-20)17-31(3)21-9-6-19(27)16-21/h4-5,7-8,10-11,19,21H,6,9,12-17,27-28H2,1-3H3,(H,29,30,36,37)/t19?,21-/m0/s1. The van der Waals surface area contributed by atoms with E-state index in [-0.39, 0.29) is 17.8 Å². The number of amides is 3. The van der Waals surface area contributed by atoms with Crippen molar-refractivity contribution in [1.29, 1.82) is 0 Å². The molecule has 1 aromatic carbocycles. The number of nitrogens with zero attached hydrogens (tertiary/aromatic N) is 5. The fraction of sp³-hybridized carbons (Fsp3) is 0.538. The minimum Gasteiger partial charge on any atom is -0.338 e. The molecule has 0 bridgehead atoms. The van der Waals surface area contributed by atoms with Crippen LogP contribution in [-0.2, 0) is 11.3 Å². The molecule has 11 nitrogen and oxygen atoms in total. The first-order valence-corrected chi connectivity index (χ1v) is 12.8. The number of nitrogens with one attached hydrogen (secondary N) is 1. The van der Waals surface area contributed by atoms with Crippen molar-refractivity contribution in [2.75, 3.05) is 38.5 Å². The first kappa shape index (κ1) is 26.8. The largest absolute Gasteiger partial charge is 0.354 e. The molecule has 1 aliphatic heterocycles. The molecule has 5 N–H and O–H groups in total. The molecule has 0 radical (unpaired) electrons. The molecule has 1 saturated heterocycles. The summed E-state index contributed by atoms with van der Waals surface area (Å²) in [6.45, 7) is 5.72. The quantitative estimate of drug-likeness (QED) is 0.525. The van der Waals surface area contributed by atoms with Gasteiger partial charge in [-0.2, -0.15) is 4.98 Å². The van der Waals surface area contributed by atoms with Gasteiger partial charge in [-0.05, 0) is 63.9 Å². The van der Waals surface area contributed by atoms with Crippen LogP contribution in [0.4, 0.5) is 10.6 Å². The molecule has 200 valence electrons. The van der Waals surface area contributed by atoms with Crippen LogP contribution in [0.3, 0.4) is 0 Å². The summed E-state index contributed by atoms with van der Waals surface area (Å²) in [5.74, 6) is 0.0392. The second kappa shape index (κ2) is 11.0. The summed E-state index contributed by atoms with van der Waals surface area (Å²) in [5, 5.41) is 2.69. The van der Waals surface area contributed by atoms with Crippen LogP contribution in [0.25, 0.3) is 5.69 Å². The SMILES string of the molecule is CN(Cc1ccc(-n2ccc(NC(=O)N3CCN(C(=O)C(C)(C)N)CC3)nc2=O)cc1)[C@H]1CCC(N)C1. The fourth-order valence-corrected chi connectivity index (χ4v) is 4.95. The van der Waals surface area contributed by atoms with Gasteiger partial charge in [-0.3, -0.25) is 19.6 Å². The molecule has 2 heterocycles. The van der Waals surface area contributed by atoms with Crippen molar-refractivity contribution in [2.45, 2.75) is 57.3 Å². The Bertz CT molecular complexity index is 1170. The Hall–Kier alpha value is -3.28. The number of anilines is 1. The second-order valence-corrected chi connectivity index (χ2v) is 10.7. The van der Waals surface area contributed by atoms with Crippen LogP contribution >= 0.6 is 0 Å². The molecule has 2 fully saturated rings. The highest BCUT2D eigenvalue weighted by Crippen LogP contribution is 2.23. The van der Waals surface area contributed by atoms with Crippen molar-refractivity contribution in [3.63, 3.8) is 0 Å². The lowest BCUT2D eigenvalue weighted by molar-refractivity contribution is -0.137. The van der Waals surface area contributed by atoms with Crippen LogP contribution in [0.5, 0.6) is 0 Å². The minimum atomic E-state index is -0.945. The van der Waals surface area contributed by atoms with Crippen molar-refractivity contribution in [2.24, 2.45) is 11.5 Å². The van der Waals surface area contributed by atoms with E-state index in [1.54, 1.807) is 35.9 Å². The molecule has 1 unspecified atom stereocenters. The summed E-state index contributed by atoms with van der Waals surface area (Å²) in [4.78, 5) is 47.3. The smallest absolute Gasteiger partial charge is 0.338 e. The number of urea groups is 1. The highest BCUT2D eigenvalue weighted by molar-refractivity contribution is 5.89. The predicted octanol–water partition coefficient (Wildman–Crippen LogP) is 0.958. The second-order valence-electron chi connectivity index (χ2n) is 10.7.